The second-order valence-electron chi connectivity index (χ2n) is 11.3. The van der Waals surface area contributed by atoms with Gasteiger partial charge in [-0.3, -0.25) is 4.68 Å². The van der Waals surface area contributed by atoms with Gasteiger partial charge in [0.05, 0.1) is 12.2 Å². The van der Waals surface area contributed by atoms with E-state index < -0.39 is 12.0 Å². The van der Waals surface area contributed by atoms with Crippen LogP contribution < -0.4 is 10.6 Å². The van der Waals surface area contributed by atoms with Crippen molar-refractivity contribution in [2.45, 2.75) is 65.0 Å². The fourth-order valence-electron chi connectivity index (χ4n) is 5.63. The number of carboxylic acids is 1. The van der Waals surface area contributed by atoms with Crippen LogP contribution in [0.2, 0.25) is 0 Å². The predicted molar refractivity (Wildman–Crippen MR) is 169 cm³/mol. The van der Waals surface area contributed by atoms with Crippen LogP contribution >= 0.6 is 0 Å². The number of carboxylic acid groups (broad SMARTS) is 1. The molecule has 0 saturated carbocycles. The van der Waals surface area contributed by atoms with Crippen molar-refractivity contribution in [3.63, 3.8) is 0 Å². The van der Waals surface area contributed by atoms with E-state index in [4.69, 9.17) is 4.98 Å². The highest BCUT2D eigenvalue weighted by atomic mass is 16.4. The SMILES string of the molecule is Cc1cc(C)n(CCN(CCCCc2ccc3c(n2)NCCC3)CCC(Nc2ncncc2-c2ccccc2)C(=O)O)n1. The zero-order valence-corrected chi connectivity index (χ0v) is 25.2. The standard InChI is InChI=1S/C33H42N8O2/c1-24-21-25(2)41(39-24)20-19-40(17-7-6-12-28-14-13-27-11-8-16-35-31(27)37-28)18-15-30(33(42)43)38-32-29(22-34-23-36-32)26-9-4-3-5-10-26/h3-5,9-10,13-14,21-23,30H,6-8,11-12,15-20H2,1-2H3,(H,35,37)(H,42,43)(H,34,36,38). The number of aryl methyl sites for hydroxylation is 4. The molecule has 3 N–H and O–H groups in total. The van der Waals surface area contributed by atoms with E-state index in [9.17, 15) is 9.90 Å². The molecule has 0 spiro atoms. The lowest BCUT2D eigenvalue weighted by Gasteiger charge is -2.25. The Morgan fingerprint density at radius 3 is 2.77 bits per heavy atom. The van der Waals surface area contributed by atoms with Crippen LogP contribution in [0.25, 0.3) is 11.1 Å². The number of unbranched alkanes of at least 4 members (excludes halogenated alkanes) is 1. The van der Waals surface area contributed by atoms with Gasteiger partial charge in [-0.2, -0.15) is 5.10 Å². The summed E-state index contributed by atoms with van der Waals surface area (Å²) in [6.07, 6.45) is 8.80. The molecule has 0 amide bonds. The van der Waals surface area contributed by atoms with Crippen LogP contribution in [0.1, 0.15) is 48.3 Å². The molecule has 4 heterocycles. The first-order valence-electron chi connectivity index (χ1n) is 15.3. The molecule has 4 aromatic rings. The van der Waals surface area contributed by atoms with Gasteiger partial charge in [-0.15, -0.1) is 0 Å². The lowest BCUT2D eigenvalue weighted by atomic mass is 10.1. The second kappa shape index (κ2) is 14.7. The molecule has 226 valence electrons. The molecule has 0 fully saturated rings. The molecule has 3 aromatic heterocycles. The number of aromatic nitrogens is 5. The van der Waals surface area contributed by atoms with Crippen LogP contribution in [0, 0.1) is 13.8 Å². The van der Waals surface area contributed by atoms with Gasteiger partial charge >= 0.3 is 5.97 Å². The molecule has 5 rings (SSSR count). The fourth-order valence-corrected chi connectivity index (χ4v) is 5.63. The lowest BCUT2D eigenvalue weighted by molar-refractivity contribution is -0.138. The molecule has 1 atom stereocenters. The zero-order valence-electron chi connectivity index (χ0n) is 25.2. The first kappa shape index (κ1) is 30.2. The van der Waals surface area contributed by atoms with Gasteiger partial charge in [0, 0.05) is 42.8 Å². The van der Waals surface area contributed by atoms with Gasteiger partial charge in [0.15, 0.2) is 0 Å². The number of carbonyl (C=O) groups is 1. The molecule has 0 radical (unpaired) electrons. The van der Waals surface area contributed by atoms with Crippen molar-refractivity contribution in [3.8, 4) is 11.1 Å². The third-order valence-corrected chi connectivity index (χ3v) is 7.98. The van der Waals surface area contributed by atoms with Crippen molar-refractivity contribution >= 4 is 17.6 Å². The Bertz CT molecular complexity index is 1490. The third kappa shape index (κ3) is 8.38. The van der Waals surface area contributed by atoms with Gasteiger partial charge in [0.1, 0.15) is 24.0 Å². The highest BCUT2D eigenvalue weighted by Gasteiger charge is 2.21. The third-order valence-electron chi connectivity index (χ3n) is 7.98. The first-order chi connectivity index (χ1) is 21.0. The first-order valence-corrected chi connectivity index (χ1v) is 15.3. The summed E-state index contributed by atoms with van der Waals surface area (Å²) in [7, 11) is 0. The Balaban J connectivity index is 1.21. The van der Waals surface area contributed by atoms with Gasteiger partial charge in [-0.05, 0) is 82.2 Å². The van der Waals surface area contributed by atoms with E-state index in [1.165, 1.54) is 11.9 Å². The Labute approximate surface area is 253 Å². The quantitative estimate of drug-likeness (QED) is 0.166. The van der Waals surface area contributed by atoms with E-state index in [0.29, 0.717) is 18.8 Å². The Morgan fingerprint density at radius 1 is 1.12 bits per heavy atom. The van der Waals surface area contributed by atoms with Crippen LogP contribution in [0.4, 0.5) is 11.6 Å². The topological polar surface area (TPSA) is 121 Å². The van der Waals surface area contributed by atoms with Crippen molar-refractivity contribution in [2.24, 2.45) is 0 Å². The van der Waals surface area contributed by atoms with E-state index in [1.54, 1.807) is 6.20 Å². The fraction of sp³-hybridized carbons (Fsp3) is 0.424. The van der Waals surface area contributed by atoms with E-state index in [-0.39, 0.29) is 0 Å². The Hall–Kier alpha value is -4.31. The number of hydrogen-bond acceptors (Lipinski definition) is 8. The molecule has 43 heavy (non-hydrogen) atoms. The number of nitrogens with zero attached hydrogens (tertiary/aromatic N) is 6. The maximum atomic E-state index is 12.4. The average Bonchev–Trinajstić information content (AvgIpc) is 3.36. The molecule has 0 saturated heterocycles. The second-order valence-corrected chi connectivity index (χ2v) is 11.3. The number of hydrogen-bond donors (Lipinski definition) is 3. The van der Waals surface area contributed by atoms with E-state index in [1.807, 2.05) is 41.9 Å². The van der Waals surface area contributed by atoms with Gasteiger partial charge in [-0.1, -0.05) is 36.4 Å². The Kier molecular flexibility index (Phi) is 10.3. The monoisotopic (exact) mass is 582 g/mol. The molecule has 1 aliphatic heterocycles. The number of pyridine rings is 1. The lowest BCUT2D eigenvalue weighted by Crippen LogP contribution is -2.37. The van der Waals surface area contributed by atoms with Gasteiger partial charge in [-0.25, -0.2) is 19.7 Å². The minimum atomic E-state index is -0.900. The van der Waals surface area contributed by atoms with Crippen LogP contribution in [0.5, 0.6) is 0 Å². The summed E-state index contributed by atoms with van der Waals surface area (Å²) < 4.78 is 2.03. The van der Waals surface area contributed by atoms with E-state index in [0.717, 1.165) is 92.3 Å². The van der Waals surface area contributed by atoms with Gasteiger partial charge < -0.3 is 20.6 Å². The average molecular weight is 583 g/mol. The number of fused-ring (bicyclic) bond motifs is 1. The van der Waals surface area contributed by atoms with Crippen molar-refractivity contribution in [2.75, 3.05) is 36.8 Å². The summed E-state index contributed by atoms with van der Waals surface area (Å²) in [5.74, 6) is 0.666. The summed E-state index contributed by atoms with van der Waals surface area (Å²) in [6.45, 7) is 8.12. The number of anilines is 2. The molecule has 1 aromatic carbocycles. The number of rotatable bonds is 15. The summed E-state index contributed by atoms with van der Waals surface area (Å²) >= 11 is 0. The zero-order chi connectivity index (χ0) is 30.0. The molecule has 1 unspecified atom stereocenters. The normalized spacial score (nSPS) is 13.4. The van der Waals surface area contributed by atoms with Crippen molar-refractivity contribution in [1.29, 1.82) is 0 Å². The van der Waals surface area contributed by atoms with Crippen molar-refractivity contribution < 1.29 is 9.90 Å². The summed E-state index contributed by atoms with van der Waals surface area (Å²) in [4.78, 5) is 28.1. The van der Waals surface area contributed by atoms with E-state index >= 15 is 0 Å². The maximum absolute atomic E-state index is 12.4. The number of nitrogens with one attached hydrogen (secondary N) is 2. The van der Waals surface area contributed by atoms with E-state index in [2.05, 4.69) is 55.7 Å². The van der Waals surface area contributed by atoms with Gasteiger partial charge in [0.2, 0.25) is 0 Å². The molecule has 0 bridgehead atoms. The van der Waals surface area contributed by atoms with Crippen molar-refractivity contribution in [3.05, 3.63) is 83.7 Å². The minimum absolute atomic E-state index is 0.433. The number of aliphatic carboxylic acids is 1. The molecule has 1 aliphatic rings. The largest absolute Gasteiger partial charge is 0.480 e. The Morgan fingerprint density at radius 2 is 1.98 bits per heavy atom. The highest BCUT2D eigenvalue weighted by Crippen LogP contribution is 2.26. The van der Waals surface area contributed by atoms with Crippen LogP contribution in [-0.4, -0.2) is 72.9 Å². The summed E-state index contributed by atoms with van der Waals surface area (Å²) in [5, 5.41) is 21.4. The summed E-state index contributed by atoms with van der Waals surface area (Å²) in [5.41, 5.74) is 6.28. The van der Waals surface area contributed by atoms with Crippen LogP contribution in [0.3, 0.4) is 0 Å². The molecule has 10 nitrogen and oxygen atoms in total. The number of benzene rings is 1. The molecule has 10 heteroatoms. The molecular weight excluding hydrogens is 540 g/mol. The van der Waals surface area contributed by atoms with Crippen LogP contribution in [-0.2, 0) is 24.2 Å². The smallest absolute Gasteiger partial charge is 0.326 e. The van der Waals surface area contributed by atoms with Crippen LogP contribution in [0.15, 0.2) is 61.1 Å². The van der Waals surface area contributed by atoms with Gasteiger partial charge in [0.25, 0.3) is 0 Å². The van der Waals surface area contributed by atoms with Crippen molar-refractivity contribution in [1.82, 2.24) is 29.6 Å². The minimum Gasteiger partial charge on any atom is -0.480 e. The molecular formula is C33H42N8O2. The predicted octanol–water partition coefficient (Wildman–Crippen LogP) is 4.99. The summed E-state index contributed by atoms with van der Waals surface area (Å²) in [6, 6.07) is 15.4. The maximum Gasteiger partial charge on any atom is 0.326 e. The highest BCUT2D eigenvalue weighted by molar-refractivity contribution is 5.81. The molecule has 0 aliphatic carbocycles.